The second kappa shape index (κ2) is 10.1. The van der Waals surface area contributed by atoms with Gasteiger partial charge in [0.05, 0.1) is 13.5 Å². The summed E-state index contributed by atoms with van der Waals surface area (Å²) in [4.78, 5) is 26.3. The van der Waals surface area contributed by atoms with E-state index in [1.165, 1.54) is 6.07 Å². The summed E-state index contributed by atoms with van der Waals surface area (Å²) in [6, 6.07) is 18.3. The van der Waals surface area contributed by atoms with Crippen LogP contribution in [-0.4, -0.2) is 35.5 Å². The fourth-order valence-corrected chi connectivity index (χ4v) is 4.69. The maximum absolute atomic E-state index is 14.8. The van der Waals surface area contributed by atoms with Gasteiger partial charge in [0.25, 0.3) is 0 Å². The van der Waals surface area contributed by atoms with Gasteiger partial charge in [-0.15, -0.1) is 0 Å². The summed E-state index contributed by atoms with van der Waals surface area (Å²) in [6.07, 6.45) is 0.946. The van der Waals surface area contributed by atoms with Crippen molar-refractivity contribution >= 4 is 11.9 Å². The van der Waals surface area contributed by atoms with Crippen molar-refractivity contribution in [2.24, 2.45) is 5.92 Å². The molecule has 1 aliphatic heterocycles. The van der Waals surface area contributed by atoms with E-state index in [9.17, 15) is 19.1 Å². The number of carbonyl (C=O) groups is 2. The number of halogens is 1. The van der Waals surface area contributed by atoms with Crippen LogP contribution >= 0.6 is 0 Å². The van der Waals surface area contributed by atoms with Gasteiger partial charge in [-0.2, -0.15) is 0 Å². The molecule has 1 amide bonds. The van der Waals surface area contributed by atoms with Gasteiger partial charge in [-0.25, -0.2) is 4.39 Å². The number of fused-ring (bicyclic) bond motifs is 1. The van der Waals surface area contributed by atoms with Crippen molar-refractivity contribution < 1.29 is 23.8 Å². The van der Waals surface area contributed by atoms with Crippen LogP contribution in [0.1, 0.15) is 29.2 Å². The Morgan fingerprint density at radius 1 is 1.03 bits per heavy atom. The van der Waals surface area contributed by atoms with E-state index < -0.39 is 5.97 Å². The number of nitrogens with zero attached hydrogens (tertiary/aromatic N) is 1. The Morgan fingerprint density at radius 3 is 2.50 bits per heavy atom. The number of ether oxygens (including phenoxy) is 1. The number of carboxylic acids is 1. The summed E-state index contributed by atoms with van der Waals surface area (Å²) in [5, 5.41) is 9.21. The minimum Gasteiger partial charge on any atom is -0.496 e. The number of carboxylic acid groups (broad SMARTS) is 1. The lowest BCUT2D eigenvalue weighted by Crippen LogP contribution is -2.40. The monoisotopic (exact) mass is 461 g/mol. The SMILES string of the molecule is COc1ccc(CC(=O)O)cc1-c1ccc(F)c2c1CN(C(=O)C(C)Cc1ccccc1)CC2. The molecule has 0 spiro atoms. The highest BCUT2D eigenvalue weighted by molar-refractivity contribution is 5.81. The number of methoxy groups -OCH3 is 1. The zero-order valence-corrected chi connectivity index (χ0v) is 19.4. The second-order valence-electron chi connectivity index (χ2n) is 8.76. The Hall–Kier alpha value is -3.67. The first-order valence-electron chi connectivity index (χ1n) is 11.4. The summed E-state index contributed by atoms with van der Waals surface area (Å²) in [5.41, 5.74) is 4.53. The molecule has 0 fully saturated rings. The van der Waals surface area contributed by atoms with E-state index in [0.29, 0.717) is 48.4 Å². The molecule has 0 saturated carbocycles. The molecule has 1 atom stereocenters. The van der Waals surface area contributed by atoms with Gasteiger partial charge in [0.15, 0.2) is 0 Å². The van der Waals surface area contributed by atoms with Crippen molar-refractivity contribution in [3.8, 4) is 16.9 Å². The first-order chi connectivity index (χ1) is 16.4. The predicted octanol–water partition coefficient (Wildman–Crippen LogP) is 4.89. The Labute approximate surface area is 198 Å². The number of carbonyl (C=O) groups excluding carboxylic acids is 1. The molecule has 3 aromatic rings. The average molecular weight is 462 g/mol. The Balaban J connectivity index is 1.66. The van der Waals surface area contributed by atoms with Gasteiger partial charge in [0, 0.05) is 24.6 Å². The van der Waals surface area contributed by atoms with Crippen molar-refractivity contribution in [3.63, 3.8) is 0 Å². The number of hydrogen-bond acceptors (Lipinski definition) is 3. The molecule has 0 saturated heterocycles. The van der Waals surface area contributed by atoms with E-state index in [1.807, 2.05) is 37.3 Å². The molecule has 1 N–H and O–H groups in total. The Kier molecular flexibility index (Phi) is 6.96. The average Bonchev–Trinajstić information content (AvgIpc) is 2.84. The maximum Gasteiger partial charge on any atom is 0.307 e. The highest BCUT2D eigenvalue weighted by Crippen LogP contribution is 2.38. The summed E-state index contributed by atoms with van der Waals surface area (Å²) in [5.74, 6) is -0.806. The van der Waals surface area contributed by atoms with Crippen LogP contribution in [-0.2, 0) is 35.4 Å². The number of rotatable bonds is 7. The van der Waals surface area contributed by atoms with E-state index in [-0.39, 0.29) is 24.1 Å². The van der Waals surface area contributed by atoms with Gasteiger partial charge >= 0.3 is 5.97 Å². The standard InChI is InChI=1S/C28H28FNO4/c1-18(14-19-6-4-3-5-7-19)28(33)30-13-12-22-24(17-30)21(9-10-25(22)29)23-15-20(16-27(31)32)8-11-26(23)34-2/h3-11,15,18H,12-14,16-17H2,1-2H3,(H,31,32). The topological polar surface area (TPSA) is 66.8 Å². The van der Waals surface area contributed by atoms with Crippen molar-refractivity contribution in [1.82, 2.24) is 4.90 Å². The minimum absolute atomic E-state index is 0.0382. The molecule has 34 heavy (non-hydrogen) atoms. The lowest BCUT2D eigenvalue weighted by Gasteiger charge is -2.33. The van der Waals surface area contributed by atoms with Gasteiger partial charge in [-0.3, -0.25) is 9.59 Å². The van der Waals surface area contributed by atoms with Gasteiger partial charge in [-0.05, 0) is 58.9 Å². The number of aliphatic carboxylic acids is 1. The van der Waals surface area contributed by atoms with Crippen molar-refractivity contribution in [2.75, 3.05) is 13.7 Å². The first-order valence-corrected chi connectivity index (χ1v) is 11.4. The van der Waals surface area contributed by atoms with Gasteiger partial charge in [0.1, 0.15) is 11.6 Å². The zero-order valence-electron chi connectivity index (χ0n) is 19.4. The highest BCUT2D eigenvalue weighted by atomic mass is 19.1. The van der Waals surface area contributed by atoms with Crippen LogP contribution in [0.2, 0.25) is 0 Å². The van der Waals surface area contributed by atoms with Crippen LogP contribution in [0.25, 0.3) is 11.1 Å². The van der Waals surface area contributed by atoms with Crippen LogP contribution in [0.4, 0.5) is 4.39 Å². The van der Waals surface area contributed by atoms with Crippen LogP contribution in [0.5, 0.6) is 5.75 Å². The van der Waals surface area contributed by atoms with E-state index >= 15 is 0 Å². The summed E-state index contributed by atoms with van der Waals surface area (Å²) in [6.45, 7) is 2.68. The third-order valence-corrected chi connectivity index (χ3v) is 6.38. The van der Waals surface area contributed by atoms with Gasteiger partial charge < -0.3 is 14.7 Å². The van der Waals surface area contributed by atoms with E-state index in [0.717, 1.165) is 16.7 Å². The zero-order chi connectivity index (χ0) is 24.2. The fourth-order valence-electron chi connectivity index (χ4n) is 4.69. The lowest BCUT2D eigenvalue weighted by molar-refractivity contribution is -0.136. The molecule has 1 unspecified atom stereocenters. The van der Waals surface area contributed by atoms with Crippen LogP contribution in [0.3, 0.4) is 0 Å². The highest BCUT2D eigenvalue weighted by Gasteiger charge is 2.29. The normalized spacial score (nSPS) is 13.8. The van der Waals surface area contributed by atoms with Crippen molar-refractivity contribution in [1.29, 1.82) is 0 Å². The summed E-state index contributed by atoms with van der Waals surface area (Å²) in [7, 11) is 1.55. The van der Waals surface area contributed by atoms with E-state index in [1.54, 1.807) is 36.3 Å². The number of amides is 1. The smallest absolute Gasteiger partial charge is 0.307 e. The molecular formula is C28H28FNO4. The van der Waals surface area contributed by atoms with Crippen LogP contribution in [0.15, 0.2) is 60.7 Å². The second-order valence-corrected chi connectivity index (χ2v) is 8.76. The molecule has 3 aromatic carbocycles. The molecule has 176 valence electrons. The van der Waals surface area contributed by atoms with Crippen LogP contribution in [0, 0.1) is 11.7 Å². The summed E-state index contributed by atoms with van der Waals surface area (Å²) >= 11 is 0. The number of hydrogen-bond donors (Lipinski definition) is 1. The molecular weight excluding hydrogens is 433 g/mol. The quantitative estimate of drug-likeness (QED) is 0.544. The molecule has 5 nitrogen and oxygen atoms in total. The third kappa shape index (κ3) is 4.96. The van der Waals surface area contributed by atoms with Crippen molar-refractivity contribution in [2.45, 2.75) is 32.7 Å². The fraction of sp³-hybridized carbons (Fsp3) is 0.286. The Bertz CT molecular complexity index is 1210. The molecule has 6 heteroatoms. The molecule has 1 heterocycles. The predicted molar refractivity (Wildman–Crippen MR) is 128 cm³/mol. The Morgan fingerprint density at radius 2 is 1.79 bits per heavy atom. The molecule has 0 aliphatic carbocycles. The lowest BCUT2D eigenvalue weighted by atomic mass is 9.88. The molecule has 0 aromatic heterocycles. The third-order valence-electron chi connectivity index (χ3n) is 6.38. The van der Waals surface area contributed by atoms with E-state index in [2.05, 4.69) is 0 Å². The first kappa shape index (κ1) is 23.5. The van der Waals surface area contributed by atoms with Crippen molar-refractivity contribution in [3.05, 3.63) is 88.7 Å². The minimum atomic E-state index is -0.929. The largest absolute Gasteiger partial charge is 0.496 e. The summed E-state index contributed by atoms with van der Waals surface area (Å²) < 4.78 is 20.3. The maximum atomic E-state index is 14.8. The molecule has 4 rings (SSSR count). The molecule has 1 aliphatic rings. The number of benzene rings is 3. The molecule has 0 bridgehead atoms. The van der Waals surface area contributed by atoms with Gasteiger partial charge in [-0.1, -0.05) is 49.4 Å². The molecule has 0 radical (unpaired) electrons. The van der Waals surface area contributed by atoms with Crippen LogP contribution < -0.4 is 4.74 Å². The van der Waals surface area contributed by atoms with E-state index in [4.69, 9.17) is 4.74 Å². The van der Waals surface area contributed by atoms with Gasteiger partial charge in [0.2, 0.25) is 5.91 Å².